The van der Waals surface area contributed by atoms with Gasteiger partial charge in [-0.25, -0.2) is 4.98 Å². The van der Waals surface area contributed by atoms with Crippen molar-refractivity contribution in [1.82, 2.24) is 19.8 Å². The van der Waals surface area contributed by atoms with Gasteiger partial charge in [-0.3, -0.25) is 4.90 Å². The fourth-order valence-corrected chi connectivity index (χ4v) is 3.98. The molecule has 0 bridgehead atoms. The van der Waals surface area contributed by atoms with Crippen molar-refractivity contribution in [2.24, 2.45) is 0 Å². The monoisotopic (exact) mass is 282 g/mol. The third kappa shape index (κ3) is 3.52. The van der Waals surface area contributed by atoms with Gasteiger partial charge in [0.1, 0.15) is 5.82 Å². The lowest BCUT2D eigenvalue weighted by Crippen LogP contribution is -2.48. The molecule has 1 saturated heterocycles. The van der Waals surface area contributed by atoms with E-state index < -0.39 is 0 Å². The van der Waals surface area contributed by atoms with Gasteiger partial charge in [0.2, 0.25) is 0 Å². The molecule has 0 saturated carbocycles. The van der Waals surface area contributed by atoms with Crippen molar-refractivity contribution in [3.63, 3.8) is 0 Å². The molecule has 1 aliphatic rings. The van der Waals surface area contributed by atoms with Crippen LogP contribution in [0.2, 0.25) is 0 Å². The Hall–Kier alpha value is -0.520. The van der Waals surface area contributed by atoms with Gasteiger partial charge in [-0.1, -0.05) is 13.8 Å². The maximum absolute atomic E-state index is 4.63. The molecule has 5 heteroatoms. The Morgan fingerprint density at radius 3 is 3.05 bits per heavy atom. The molecule has 2 atom stereocenters. The number of imidazole rings is 1. The van der Waals surface area contributed by atoms with E-state index in [1.54, 1.807) is 0 Å². The van der Waals surface area contributed by atoms with E-state index >= 15 is 0 Å². The second-order valence-electron chi connectivity index (χ2n) is 5.14. The van der Waals surface area contributed by atoms with Crippen molar-refractivity contribution in [3.8, 4) is 0 Å². The van der Waals surface area contributed by atoms with Crippen LogP contribution in [0, 0.1) is 0 Å². The Labute approximate surface area is 121 Å². The van der Waals surface area contributed by atoms with Gasteiger partial charge in [0.25, 0.3) is 0 Å². The van der Waals surface area contributed by atoms with Crippen LogP contribution < -0.4 is 5.32 Å². The average Bonchev–Trinajstić information content (AvgIpc) is 2.86. The van der Waals surface area contributed by atoms with Gasteiger partial charge < -0.3 is 9.88 Å². The zero-order chi connectivity index (χ0) is 13.7. The molecule has 0 amide bonds. The minimum atomic E-state index is 0.337. The molecule has 2 unspecified atom stereocenters. The lowest BCUT2D eigenvalue weighted by molar-refractivity contribution is 0.209. The summed E-state index contributed by atoms with van der Waals surface area (Å²) in [5.74, 6) is 3.63. The second-order valence-corrected chi connectivity index (χ2v) is 6.29. The van der Waals surface area contributed by atoms with Gasteiger partial charge in [-0.2, -0.15) is 11.8 Å². The standard InChI is InChI=1S/C14H26N4S/c1-4-7-18-8-6-16-14(18)13(15-5-2)12-11-19-10-9-17(12)3/h6,8,12-13,15H,4-5,7,9-11H2,1-3H3. The molecule has 1 aromatic rings. The summed E-state index contributed by atoms with van der Waals surface area (Å²) >= 11 is 2.06. The molecular formula is C14H26N4S. The van der Waals surface area contributed by atoms with E-state index in [2.05, 4.69) is 58.6 Å². The highest BCUT2D eigenvalue weighted by Crippen LogP contribution is 2.26. The molecule has 0 aliphatic carbocycles. The fourth-order valence-electron chi connectivity index (χ4n) is 2.71. The molecule has 108 valence electrons. The quantitative estimate of drug-likeness (QED) is 0.865. The molecule has 0 radical (unpaired) electrons. The van der Waals surface area contributed by atoms with E-state index in [-0.39, 0.29) is 0 Å². The van der Waals surface area contributed by atoms with Crippen LogP contribution in [-0.2, 0) is 6.54 Å². The molecule has 0 spiro atoms. The summed E-state index contributed by atoms with van der Waals surface area (Å²) < 4.78 is 2.31. The first kappa shape index (κ1) is 14.9. The van der Waals surface area contributed by atoms with E-state index in [1.807, 2.05) is 6.20 Å². The number of hydrogen-bond donors (Lipinski definition) is 1. The minimum absolute atomic E-state index is 0.337. The molecule has 0 aromatic carbocycles. The van der Waals surface area contributed by atoms with Gasteiger partial charge >= 0.3 is 0 Å². The van der Waals surface area contributed by atoms with E-state index in [9.17, 15) is 0 Å². The summed E-state index contributed by atoms with van der Waals surface area (Å²) in [7, 11) is 2.24. The molecule has 1 aliphatic heterocycles. The second kappa shape index (κ2) is 7.31. The normalized spacial score (nSPS) is 22.6. The number of thioether (sulfide) groups is 1. The van der Waals surface area contributed by atoms with Crippen molar-refractivity contribution in [2.75, 3.05) is 31.6 Å². The van der Waals surface area contributed by atoms with Crippen LogP contribution >= 0.6 is 11.8 Å². The van der Waals surface area contributed by atoms with Crippen LogP contribution in [0.4, 0.5) is 0 Å². The molecule has 1 fully saturated rings. The number of aromatic nitrogens is 2. The summed E-state index contributed by atoms with van der Waals surface area (Å²) in [5, 5.41) is 3.65. The largest absolute Gasteiger partial charge is 0.334 e. The SMILES string of the molecule is CCCn1ccnc1C(NCC)C1CSCCN1C. The van der Waals surface area contributed by atoms with Crippen molar-refractivity contribution in [2.45, 2.75) is 38.9 Å². The number of aryl methyl sites for hydroxylation is 1. The molecule has 19 heavy (non-hydrogen) atoms. The van der Waals surface area contributed by atoms with Crippen molar-refractivity contribution in [3.05, 3.63) is 18.2 Å². The van der Waals surface area contributed by atoms with Crippen LogP contribution in [0.3, 0.4) is 0 Å². The van der Waals surface area contributed by atoms with Gasteiger partial charge in [0.15, 0.2) is 0 Å². The minimum Gasteiger partial charge on any atom is -0.334 e. The summed E-state index contributed by atoms with van der Waals surface area (Å²) in [4.78, 5) is 7.11. The number of likely N-dealkylation sites (N-methyl/N-ethyl adjacent to an activating group) is 2. The highest BCUT2D eigenvalue weighted by atomic mass is 32.2. The number of hydrogen-bond acceptors (Lipinski definition) is 4. The smallest absolute Gasteiger partial charge is 0.127 e. The first-order chi connectivity index (χ1) is 9.27. The summed E-state index contributed by atoms with van der Waals surface area (Å²) in [6.45, 7) is 7.61. The van der Waals surface area contributed by atoms with Crippen LogP contribution in [0.5, 0.6) is 0 Å². The van der Waals surface area contributed by atoms with Gasteiger partial charge in [0, 0.05) is 43.0 Å². The predicted octanol–water partition coefficient (Wildman–Crippen LogP) is 1.99. The zero-order valence-electron chi connectivity index (χ0n) is 12.3. The van der Waals surface area contributed by atoms with Gasteiger partial charge in [-0.15, -0.1) is 0 Å². The highest BCUT2D eigenvalue weighted by Gasteiger charge is 2.31. The molecule has 2 heterocycles. The number of nitrogens with zero attached hydrogens (tertiary/aromatic N) is 3. The topological polar surface area (TPSA) is 33.1 Å². The third-order valence-corrected chi connectivity index (χ3v) is 4.79. The van der Waals surface area contributed by atoms with E-state index in [4.69, 9.17) is 0 Å². The van der Waals surface area contributed by atoms with Crippen molar-refractivity contribution < 1.29 is 0 Å². The van der Waals surface area contributed by atoms with E-state index in [0.717, 1.165) is 19.5 Å². The van der Waals surface area contributed by atoms with Crippen LogP contribution in [0.15, 0.2) is 12.4 Å². The van der Waals surface area contributed by atoms with Crippen LogP contribution in [-0.4, -0.2) is 52.1 Å². The molecule has 2 rings (SSSR count). The lowest BCUT2D eigenvalue weighted by Gasteiger charge is -2.37. The molecule has 1 aromatic heterocycles. The van der Waals surface area contributed by atoms with Crippen LogP contribution in [0.25, 0.3) is 0 Å². The predicted molar refractivity (Wildman–Crippen MR) is 82.7 cm³/mol. The van der Waals surface area contributed by atoms with Gasteiger partial charge in [-0.05, 0) is 20.0 Å². The Morgan fingerprint density at radius 2 is 2.37 bits per heavy atom. The van der Waals surface area contributed by atoms with E-state index in [1.165, 1.54) is 23.9 Å². The Bertz CT molecular complexity index is 379. The zero-order valence-corrected chi connectivity index (χ0v) is 13.1. The third-order valence-electron chi connectivity index (χ3n) is 3.74. The first-order valence-corrected chi connectivity index (χ1v) is 8.45. The maximum Gasteiger partial charge on any atom is 0.127 e. The summed E-state index contributed by atoms with van der Waals surface area (Å²) in [5.41, 5.74) is 0. The van der Waals surface area contributed by atoms with Crippen LogP contribution in [0.1, 0.15) is 32.1 Å². The lowest BCUT2D eigenvalue weighted by atomic mass is 10.1. The summed E-state index contributed by atoms with van der Waals surface area (Å²) in [6.07, 6.45) is 5.20. The number of rotatable bonds is 6. The van der Waals surface area contributed by atoms with Crippen molar-refractivity contribution in [1.29, 1.82) is 0 Å². The Kier molecular flexibility index (Phi) is 5.73. The molecular weight excluding hydrogens is 256 g/mol. The van der Waals surface area contributed by atoms with E-state index in [0.29, 0.717) is 12.1 Å². The molecule has 4 nitrogen and oxygen atoms in total. The van der Waals surface area contributed by atoms with Crippen molar-refractivity contribution >= 4 is 11.8 Å². The number of nitrogens with one attached hydrogen (secondary N) is 1. The maximum atomic E-state index is 4.63. The average molecular weight is 282 g/mol. The Balaban J connectivity index is 2.20. The first-order valence-electron chi connectivity index (χ1n) is 7.30. The highest BCUT2D eigenvalue weighted by molar-refractivity contribution is 7.99. The molecule has 1 N–H and O–H groups in total. The summed E-state index contributed by atoms with van der Waals surface area (Å²) in [6, 6.07) is 0.876. The van der Waals surface area contributed by atoms with Gasteiger partial charge in [0.05, 0.1) is 6.04 Å². The Morgan fingerprint density at radius 1 is 1.53 bits per heavy atom. The fraction of sp³-hybridized carbons (Fsp3) is 0.786.